The van der Waals surface area contributed by atoms with E-state index in [1.54, 1.807) is 0 Å². The third-order valence-electron chi connectivity index (χ3n) is 2.88. The van der Waals surface area contributed by atoms with Crippen LogP contribution in [0.5, 0.6) is 0 Å². The van der Waals surface area contributed by atoms with Gasteiger partial charge in [0.05, 0.1) is 0 Å². The van der Waals surface area contributed by atoms with Gasteiger partial charge in [0.25, 0.3) is 11.1 Å². The summed E-state index contributed by atoms with van der Waals surface area (Å²) in [6.07, 6.45) is 3.39. The van der Waals surface area contributed by atoms with E-state index < -0.39 is 0 Å². The number of carbonyl (C=O) groups excluding carboxylic acids is 1. The lowest BCUT2D eigenvalue weighted by atomic mass is 9.80. The van der Waals surface area contributed by atoms with Gasteiger partial charge in [0.15, 0.2) is 0 Å². The zero-order valence-electron chi connectivity index (χ0n) is 9.53. The Bertz CT molecular complexity index is 345. The van der Waals surface area contributed by atoms with Gasteiger partial charge >= 0.3 is 0 Å². The van der Waals surface area contributed by atoms with E-state index in [-0.39, 0.29) is 17.1 Å². The standard InChI is InChI=1S/C10H16N2O2S/c1-5-10(3,6-2)7(13)8-11-12-9(14-8)15-4/h5-6H2,1-4H3. The molecule has 0 aromatic carbocycles. The second kappa shape index (κ2) is 4.79. The Balaban J connectivity index is 2.93. The van der Waals surface area contributed by atoms with Gasteiger partial charge in [0.1, 0.15) is 0 Å². The minimum atomic E-state index is -0.387. The van der Waals surface area contributed by atoms with Gasteiger partial charge in [-0.3, -0.25) is 4.79 Å². The van der Waals surface area contributed by atoms with Gasteiger partial charge in [-0.25, -0.2) is 0 Å². The van der Waals surface area contributed by atoms with Gasteiger partial charge in [0.2, 0.25) is 5.78 Å². The van der Waals surface area contributed by atoms with Crippen molar-refractivity contribution in [1.29, 1.82) is 0 Å². The van der Waals surface area contributed by atoms with Crippen LogP contribution in [-0.4, -0.2) is 22.2 Å². The molecule has 0 unspecified atom stereocenters. The van der Waals surface area contributed by atoms with Gasteiger partial charge in [-0.2, -0.15) is 0 Å². The van der Waals surface area contributed by atoms with Crippen molar-refractivity contribution in [3.63, 3.8) is 0 Å². The number of carbonyl (C=O) groups is 1. The molecule has 0 saturated heterocycles. The maximum atomic E-state index is 12.1. The van der Waals surface area contributed by atoms with Crippen LogP contribution in [0.15, 0.2) is 9.64 Å². The fourth-order valence-corrected chi connectivity index (χ4v) is 1.50. The molecule has 1 heterocycles. The maximum absolute atomic E-state index is 12.1. The number of ketones is 1. The van der Waals surface area contributed by atoms with E-state index in [0.717, 1.165) is 12.8 Å². The Morgan fingerprint density at radius 3 is 2.40 bits per heavy atom. The van der Waals surface area contributed by atoms with Crippen LogP contribution in [0.3, 0.4) is 0 Å². The van der Waals surface area contributed by atoms with Crippen molar-refractivity contribution in [2.45, 2.75) is 38.8 Å². The molecule has 0 saturated carbocycles. The van der Waals surface area contributed by atoms with E-state index in [4.69, 9.17) is 4.42 Å². The van der Waals surface area contributed by atoms with Crippen molar-refractivity contribution < 1.29 is 9.21 Å². The molecule has 0 N–H and O–H groups in total. The summed E-state index contributed by atoms with van der Waals surface area (Å²) in [6, 6.07) is 0. The van der Waals surface area contributed by atoms with E-state index in [2.05, 4.69) is 10.2 Å². The summed E-state index contributed by atoms with van der Waals surface area (Å²) in [6.45, 7) is 5.92. The first-order valence-corrected chi connectivity index (χ1v) is 6.22. The van der Waals surface area contributed by atoms with E-state index in [9.17, 15) is 4.79 Å². The average Bonchev–Trinajstić information content (AvgIpc) is 2.75. The molecule has 1 aromatic heterocycles. The van der Waals surface area contributed by atoms with Crippen molar-refractivity contribution in [3.05, 3.63) is 5.89 Å². The fourth-order valence-electron chi connectivity index (χ4n) is 1.21. The van der Waals surface area contributed by atoms with Crippen LogP contribution in [-0.2, 0) is 0 Å². The van der Waals surface area contributed by atoms with Crippen LogP contribution < -0.4 is 0 Å². The molecule has 0 fully saturated rings. The van der Waals surface area contributed by atoms with Crippen LogP contribution in [0.4, 0.5) is 0 Å². The second-order valence-electron chi connectivity index (χ2n) is 3.67. The van der Waals surface area contributed by atoms with E-state index >= 15 is 0 Å². The Kier molecular flexibility index (Phi) is 3.90. The number of thioether (sulfide) groups is 1. The molecular weight excluding hydrogens is 212 g/mol. The highest BCUT2D eigenvalue weighted by Gasteiger charge is 2.33. The highest BCUT2D eigenvalue weighted by atomic mass is 32.2. The van der Waals surface area contributed by atoms with Crippen molar-refractivity contribution >= 4 is 17.5 Å². The van der Waals surface area contributed by atoms with Gasteiger partial charge in [-0.05, 0) is 19.1 Å². The first-order chi connectivity index (χ1) is 7.07. The molecule has 1 aromatic rings. The second-order valence-corrected chi connectivity index (χ2v) is 4.43. The zero-order chi connectivity index (χ0) is 11.5. The summed E-state index contributed by atoms with van der Waals surface area (Å²) in [4.78, 5) is 12.1. The van der Waals surface area contributed by atoms with Crippen LogP contribution in [0, 0.1) is 5.41 Å². The molecule has 84 valence electrons. The Hall–Kier alpha value is -0.840. The number of rotatable bonds is 5. The quantitative estimate of drug-likeness (QED) is 0.573. The first kappa shape index (κ1) is 12.2. The number of hydrogen-bond acceptors (Lipinski definition) is 5. The lowest BCUT2D eigenvalue weighted by Gasteiger charge is -2.22. The largest absolute Gasteiger partial charge is 0.408 e. The maximum Gasteiger partial charge on any atom is 0.285 e. The topological polar surface area (TPSA) is 56.0 Å². The summed E-state index contributed by atoms with van der Waals surface area (Å²) in [5, 5.41) is 7.96. The van der Waals surface area contributed by atoms with E-state index in [0.29, 0.717) is 5.22 Å². The Labute approximate surface area is 93.8 Å². The highest BCUT2D eigenvalue weighted by molar-refractivity contribution is 7.98. The van der Waals surface area contributed by atoms with Crippen molar-refractivity contribution in [2.75, 3.05) is 6.26 Å². The van der Waals surface area contributed by atoms with Crippen LogP contribution in [0.25, 0.3) is 0 Å². The molecule has 15 heavy (non-hydrogen) atoms. The van der Waals surface area contributed by atoms with Crippen LogP contribution >= 0.6 is 11.8 Å². The summed E-state index contributed by atoms with van der Waals surface area (Å²) >= 11 is 1.34. The van der Waals surface area contributed by atoms with Crippen molar-refractivity contribution in [3.8, 4) is 0 Å². The molecule has 0 aliphatic rings. The molecule has 4 nitrogen and oxygen atoms in total. The Morgan fingerprint density at radius 2 is 2.00 bits per heavy atom. The molecular formula is C10H16N2O2S. The van der Waals surface area contributed by atoms with E-state index in [1.165, 1.54) is 11.8 Å². The molecule has 0 spiro atoms. The minimum absolute atomic E-state index is 0.0553. The number of aromatic nitrogens is 2. The molecule has 0 aliphatic carbocycles. The van der Waals surface area contributed by atoms with Gasteiger partial charge < -0.3 is 4.42 Å². The number of Topliss-reactive ketones (excluding diaryl/α,β-unsaturated/α-hetero) is 1. The molecule has 5 heteroatoms. The van der Waals surface area contributed by atoms with Crippen molar-refractivity contribution in [2.24, 2.45) is 5.41 Å². The SMILES string of the molecule is CCC(C)(CC)C(=O)c1nnc(SC)o1. The molecule has 0 aliphatic heterocycles. The predicted octanol–water partition coefficient (Wildman–Crippen LogP) is 2.80. The summed E-state index contributed by atoms with van der Waals surface area (Å²) in [7, 11) is 0. The lowest BCUT2D eigenvalue weighted by molar-refractivity contribution is 0.0759. The Morgan fingerprint density at radius 1 is 1.40 bits per heavy atom. The molecule has 0 bridgehead atoms. The lowest BCUT2D eigenvalue weighted by Crippen LogP contribution is -2.26. The number of hydrogen-bond donors (Lipinski definition) is 0. The first-order valence-electron chi connectivity index (χ1n) is 4.99. The fraction of sp³-hybridized carbons (Fsp3) is 0.700. The monoisotopic (exact) mass is 228 g/mol. The van der Waals surface area contributed by atoms with Gasteiger partial charge in [0, 0.05) is 5.41 Å². The van der Waals surface area contributed by atoms with Crippen molar-refractivity contribution in [1.82, 2.24) is 10.2 Å². The van der Waals surface area contributed by atoms with Crippen LogP contribution in [0.2, 0.25) is 0 Å². The predicted molar refractivity (Wildman–Crippen MR) is 59.1 cm³/mol. The van der Waals surface area contributed by atoms with E-state index in [1.807, 2.05) is 27.0 Å². The average molecular weight is 228 g/mol. The van der Waals surface area contributed by atoms with Gasteiger partial charge in [-0.15, -0.1) is 10.2 Å². The summed E-state index contributed by atoms with van der Waals surface area (Å²) < 4.78 is 5.24. The smallest absolute Gasteiger partial charge is 0.285 e. The highest BCUT2D eigenvalue weighted by Crippen LogP contribution is 2.30. The molecule has 0 atom stereocenters. The minimum Gasteiger partial charge on any atom is -0.408 e. The molecule has 0 radical (unpaired) electrons. The molecule has 0 amide bonds. The van der Waals surface area contributed by atoms with Gasteiger partial charge in [-0.1, -0.05) is 32.5 Å². The summed E-state index contributed by atoms with van der Waals surface area (Å²) in [5.41, 5.74) is -0.387. The zero-order valence-corrected chi connectivity index (χ0v) is 10.3. The molecule has 1 rings (SSSR count). The summed E-state index contributed by atoms with van der Waals surface area (Å²) in [5.74, 6) is 0.0749. The van der Waals surface area contributed by atoms with Crippen LogP contribution in [0.1, 0.15) is 44.3 Å². The third kappa shape index (κ3) is 2.40. The third-order valence-corrected chi connectivity index (χ3v) is 3.40. The normalized spacial score (nSPS) is 11.7. The number of nitrogens with zero attached hydrogens (tertiary/aromatic N) is 2.